The summed E-state index contributed by atoms with van der Waals surface area (Å²) in [6.45, 7) is 4.50. The third-order valence-corrected chi connectivity index (χ3v) is 4.65. The molecule has 1 aliphatic carbocycles. The van der Waals surface area contributed by atoms with E-state index in [2.05, 4.69) is 43.4 Å². The Labute approximate surface area is 123 Å². The molecule has 1 saturated carbocycles. The van der Waals surface area contributed by atoms with Gasteiger partial charge in [0.05, 0.1) is 6.10 Å². The average Bonchev–Trinajstić information content (AvgIpc) is 2.50. The predicted molar refractivity (Wildman–Crippen MR) is 85.2 cm³/mol. The monoisotopic (exact) mass is 275 g/mol. The van der Waals surface area contributed by atoms with Crippen molar-refractivity contribution in [2.45, 2.75) is 64.5 Å². The van der Waals surface area contributed by atoms with Crippen LogP contribution in [0, 0.1) is 5.92 Å². The van der Waals surface area contributed by atoms with E-state index in [1.54, 1.807) is 0 Å². The Morgan fingerprint density at radius 1 is 1.20 bits per heavy atom. The van der Waals surface area contributed by atoms with Gasteiger partial charge in [-0.3, -0.25) is 0 Å². The molecule has 2 rings (SSSR count). The molecule has 0 spiro atoms. The third kappa shape index (κ3) is 3.99. The maximum atomic E-state index is 6.17. The smallest absolute Gasteiger partial charge is 0.119 e. The fourth-order valence-electron chi connectivity index (χ4n) is 3.30. The zero-order valence-corrected chi connectivity index (χ0v) is 13.2. The molecule has 2 nitrogen and oxygen atoms in total. The lowest BCUT2D eigenvalue weighted by molar-refractivity contribution is 0.122. The van der Waals surface area contributed by atoms with Crippen LogP contribution < -0.4 is 10.1 Å². The predicted octanol–water partition coefficient (Wildman–Crippen LogP) is 4.70. The third-order valence-electron chi connectivity index (χ3n) is 4.65. The van der Waals surface area contributed by atoms with Gasteiger partial charge >= 0.3 is 0 Å². The van der Waals surface area contributed by atoms with Gasteiger partial charge in [-0.1, -0.05) is 38.8 Å². The van der Waals surface area contributed by atoms with Crippen molar-refractivity contribution in [2.24, 2.45) is 5.92 Å². The number of ether oxygens (including phenoxy) is 1. The van der Waals surface area contributed by atoms with Crippen LogP contribution in [0.15, 0.2) is 24.3 Å². The zero-order valence-electron chi connectivity index (χ0n) is 13.2. The fraction of sp³-hybridized carbons (Fsp3) is 0.667. The molecule has 3 atom stereocenters. The van der Waals surface area contributed by atoms with Crippen LogP contribution in [0.5, 0.6) is 5.75 Å². The van der Waals surface area contributed by atoms with E-state index in [9.17, 15) is 0 Å². The molecular weight excluding hydrogens is 246 g/mol. The first-order valence-corrected chi connectivity index (χ1v) is 8.20. The van der Waals surface area contributed by atoms with Gasteiger partial charge in [0.25, 0.3) is 0 Å². The van der Waals surface area contributed by atoms with Crippen molar-refractivity contribution in [3.63, 3.8) is 0 Å². The van der Waals surface area contributed by atoms with E-state index in [0.717, 1.165) is 18.1 Å². The van der Waals surface area contributed by atoms with Crippen molar-refractivity contribution in [3.8, 4) is 5.75 Å². The molecule has 0 aliphatic heterocycles. The molecular formula is C18H29NO. The lowest BCUT2D eigenvalue weighted by Crippen LogP contribution is -2.25. The molecule has 1 aliphatic rings. The molecule has 0 bridgehead atoms. The SMILES string of the molecule is CCC1CCCC(Oc2ccc(C(CC)NC)cc2)C1. The van der Waals surface area contributed by atoms with Crippen LogP contribution in [0.2, 0.25) is 0 Å². The first kappa shape index (κ1) is 15.4. The Morgan fingerprint density at radius 2 is 1.95 bits per heavy atom. The van der Waals surface area contributed by atoms with Gasteiger partial charge in [0.1, 0.15) is 5.75 Å². The second kappa shape index (κ2) is 7.68. The van der Waals surface area contributed by atoms with E-state index >= 15 is 0 Å². The van der Waals surface area contributed by atoms with E-state index < -0.39 is 0 Å². The van der Waals surface area contributed by atoms with E-state index in [1.807, 2.05) is 7.05 Å². The minimum Gasteiger partial charge on any atom is -0.490 e. The Hall–Kier alpha value is -1.02. The lowest BCUT2D eigenvalue weighted by atomic mass is 9.85. The summed E-state index contributed by atoms with van der Waals surface area (Å²) in [5.41, 5.74) is 1.34. The van der Waals surface area contributed by atoms with Crippen molar-refractivity contribution >= 4 is 0 Å². The largest absolute Gasteiger partial charge is 0.490 e. The summed E-state index contributed by atoms with van der Waals surface area (Å²) in [5.74, 6) is 1.89. The van der Waals surface area contributed by atoms with Gasteiger partial charge in [0.2, 0.25) is 0 Å². The summed E-state index contributed by atoms with van der Waals surface area (Å²) < 4.78 is 6.17. The molecule has 1 aromatic carbocycles. The first-order chi connectivity index (χ1) is 9.76. The molecule has 0 saturated heterocycles. The van der Waals surface area contributed by atoms with Gasteiger partial charge in [-0.05, 0) is 56.3 Å². The summed E-state index contributed by atoms with van der Waals surface area (Å²) in [4.78, 5) is 0. The highest BCUT2D eigenvalue weighted by Gasteiger charge is 2.22. The van der Waals surface area contributed by atoms with E-state index in [4.69, 9.17) is 4.74 Å². The Balaban J connectivity index is 1.93. The van der Waals surface area contributed by atoms with E-state index in [1.165, 1.54) is 37.7 Å². The highest BCUT2D eigenvalue weighted by molar-refractivity contribution is 5.29. The highest BCUT2D eigenvalue weighted by atomic mass is 16.5. The summed E-state index contributed by atoms with van der Waals surface area (Å²) in [5, 5.41) is 3.34. The number of hydrogen-bond acceptors (Lipinski definition) is 2. The summed E-state index contributed by atoms with van der Waals surface area (Å²) in [7, 11) is 2.02. The molecule has 0 radical (unpaired) electrons. The first-order valence-electron chi connectivity index (χ1n) is 8.20. The standard InChI is InChI=1S/C18H29NO/c1-4-14-7-6-8-17(13-14)20-16-11-9-15(10-12-16)18(5-2)19-3/h9-12,14,17-19H,4-8,13H2,1-3H3. The second-order valence-electron chi connectivity index (χ2n) is 6.00. The van der Waals surface area contributed by atoms with Crippen molar-refractivity contribution in [1.82, 2.24) is 5.32 Å². The van der Waals surface area contributed by atoms with Crippen molar-refractivity contribution in [2.75, 3.05) is 7.05 Å². The average molecular weight is 275 g/mol. The van der Waals surface area contributed by atoms with Crippen molar-refractivity contribution in [1.29, 1.82) is 0 Å². The van der Waals surface area contributed by atoms with Crippen LogP contribution in [-0.4, -0.2) is 13.2 Å². The van der Waals surface area contributed by atoms with Gasteiger partial charge in [-0.15, -0.1) is 0 Å². The van der Waals surface area contributed by atoms with Crippen molar-refractivity contribution in [3.05, 3.63) is 29.8 Å². The van der Waals surface area contributed by atoms with E-state index in [0.29, 0.717) is 12.1 Å². The normalized spacial score (nSPS) is 24.4. The zero-order chi connectivity index (χ0) is 14.4. The van der Waals surface area contributed by atoms with Gasteiger partial charge in [-0.2, -0.15) is 0 Å². The van der Waals surface area contributed by atoms with E-state index in [-0.39, 0.29) is 0 Å². The number of benzene rings is 1. The summed E-state index contributed by atoms with van der Waals surface area (Å²) >= 11 is 0. The quantitative estimate of drug-likeness (QED) is 0.812. The lowest BCUT2D eigenvalue weighted by Gasteiger charge is -2.29. The van der Waals surface area contributed by atoms with Gasteiger partial charge in [0, 0.05) is 6.04 Å². The fourth-order valence-corrected chi connectivity index (χ4v) is 3.30. The second-order valence-corrected chi connectivity index (χ2v) is 6.00. The molecule has 1 aromatic rings. The molecule has 0 aromatic heterocycles. The minimum atomic E-state index is 0.422. The van der Waals surface area contributed by atoms with Gasteiger partial charge in [0.15, 0.2) is 0 Å². The Kier molecular flexibility index (Phi) is 5.90. The maximum Gasteiger partial charge on any atom is 0.119 e. The minimum absolute atomic E-state index is 0.422. The van der Waals surface area contributed by atoms with Crippen LogP contribution in [-0.2, 0) is 0 Å². The van der Waals surface area contributed by atoms with Crippen LogP contribution in [0.25, 0.3) is 0 Å². The number of hydrogen-bond donors (Lipinski definition) is 1. The molecule has 112 valence electrons. The summed E-state index contributed by atoms with van der Waals surface area (Å²) in [6, 6.07) is 9.10. The maximum absolute atomic E-state index is 6.17. The van der Waals surface area contributed by atoms with Gasteiger partial charge < -0.3 is 10.1 Å². The van der Waals surface area contributed by atoms with Crippen LogP contribution in [0.3, 0.4) is 0 Å². The molecule has 3 unspecified atom stereocenters. The van der Waals surface area contributed by atoms with Crippen LogP contribution in [0.4, 0.5) is 0 Å². The Bertz CT molecular complexity index is 383. The molecule has 20 heavy (non-hydrogen) atoms. The summed E-state index contributed by atoms with van der Waals surface area (Å²) in [6.07, 6.45) is 7.97. The molecule has 1 N–H and O–H groups in total. The molecule has 1 fully saturated rings. The molecule has 0 amide bonds. The topological polar surface area (TPSA) is 21.3 Å². The molecule has 2 heteroatoms. The van der Waals surface area contributed by atoms with Crippen LogP contribution in [0.1, 0.15) is 64.0 Å². The Morgan fingerprint density at radius 3 is 2.55 bits per heavy atom. The molecule has 0 heterocycles. The van der Waals surface area contributed by atoms with Crippen molar-refractivity contribution < 1.29 is 4.74 Å². The van der Waals surface area contributed by atoms with Gasteiger partial charge in [-0.25, -0.2) is 0 Å². The highest BCUT2D eigenvalue weighted by Crippen LogP contribution is 2.30. The number of rotatable bonds is 6. The van der Waals surface area contributed by atoms with Crippen LogP contribution >= 0.6 is 0 Å². The number of nitrogens with one attached hydrogen (secondary N) is 1.